The van der Waals surface area contributed by atoms with E-state index in [4.69, 9.17) is 11.6 Å². The topological polar surface area (TPSA) is 66.5 Å². The Bertz CT molecular complexity index is 1680. The number of likely N-dealkylation sites (tertiary alicyclic amines) is 1. The Hall–Kier alpha value is -3.62. The van der Waals surface area contributed by atoms with Gasteiger partial charge in [-0.25, -0.2) is 9.18 Å². The lowest BCUT2D eigenvalue weighted by atomic mass is 9.82. The van der Waals surface area contributed by atoms with Crippen LogP contribution >= 0.6 is 11.6 Å². The van der Waals surface area contributed by atoms with Gasteiger partial charge in [-0.05, 0) is 69.5 Å². The summed E-state index contributed by atoms with van der Waals surface area (Å²) in [7, 11) is 1.66. The summed E-state index contributed by atoms with van der Waals surface area (Å²) in [6.45, 7) is 9.50. The van der Waals surface area contributed by atoms with Crippen LogP contribution in [0, 0.1) is 12.7 Å². The number of phenols is 1. The first-order valence-corrected chi connectivity index (χ1v) is 14.0. The number of pyridine rings is 1. The van der Waals surface area contributed by atoms with Gasteiger partial charge in [0.15, 0.2) is 0 Å². The quantitative estimate of drug-likeness (QED) is 0.335. The highest BCUT2D eigenvalue weighted by atomic mass is 35.5. The first-order valence-electron chi connectivity index (χ1n) is 13.6. The predicted molar refractivity (Wildman–Crippen MR) is 157 cm³/mol. The Labute approximate surface area is 238 Å². The highest BCUT2D eigenvalue weighted by molar-refractivity contribution is 6.32. The minimum atomic E-state index is -0.480. The summed E-state index contributed by atoms with van der Waals surface area (Å²) in [6, 6.07) is 10.2. The van der Waals surface area contributed by atoms with Crippen molar-refractivity contribution in [1.82, 2.24) is 19.0 Å². The van der Waals surface area contributed by atoms with Crippen LogP contribution in [0.3, 0.4) is 0 Å². The van der Waals surface area contributed by atoms with E-state index in [9.17, 15) is 9.90 Å². The molecule has 0 bridgehead atoms. The van der Waals surface area contributed by atoms with Crippen LogP contribution in [0.2, 0.25) is 5.02 Å². The van der Waals surface area contributed by atoms with E-state index in [0.717, 1.165) is 37.4 Å². The SMILES string of the molecule is Cc1ncc(-c2cc(F)cc(-c3ccc(-n4ccn(C)c4=O)c(Cl)c3)c2O)cc1N1CCC2(CCN2C(C)C)C1. The molecule has 7 nitrogen and oxygen atoms in total. The number of hydrogen-bond acceptors (Lipinski definition) is 5. The minimum Gasteiger partial charge on any atom is -0.507 e. The number of rotatable bonds is 5. The van der Waals surface area contributed by atoms with Gasteiger partial charge in [0.1, 0.15) is 11.6 Å². The highest BCUT2D eigenvalue weighted by Gasteiger charge is 2.50. The molecule has 1 atom stereocenters. The molecule has 0 radical (unpaired) electrons. The summed E-state index contributed by atoms with van der Waals surface area (Å²) in [6.07, 6.45) is 7.27. The lowest BCUT2D eigenvalue weighted by molar-refractivity contribution is -0.0237. The fraction of sp³-hybridized carbons (Fsp3) is 0.355. The van der Waals surface area contributed by atoms with Gasteiger partial charge in [-0.15, -0.1) is 0 Å². The molecule has 0 aliphatic carbocycles. The molecule has 1 N–H and O–H groups in total. The zero-order chi connectivity index (χ0) is 28.3. The fourth-order valence-electron chi connectivity index (χ4n) is 6.41. The first-order chi connectivity index (χ1) is 19.1. The van der Waals surface area contributed by atoms with Crippen LogP contribution < -0.4 is 10.6 Å². The zero-order valence-electron chi connectivity index (χ0n) is 23.2. The molecule has 4 aromatic rings. The number of aryl methyl sites for hydroxylation is 2. The number of imidazole rings is 1. The second-order valence-electron chi connectivity index (χ2n) is 11.3. The Morgan fingerprint density at radius 3 is 2.38 bits per heavy atom. The van der Waals surface area contributed by atoms with Crippen molar-refractivity contribution in [3.63, 3.8) is 0 Å². The summed E-state index contributed by atoms with van der Waals surface area (Å²) in [5, 5.41) is 11.7. The minimum absolute atomic E-state index is 0.0541. The normalized spacial score (nSPS) is 19.1. The summed E-state index contributed by atoms with van der Waals surface area (Å²) in [5.74, 6) is -0.534. The second kappa shape index (κ2) is 9.78. The van der Waals surface area contributed by atoms with E-state index in [2.05, 4.69) is 28.6 Å². The van der Waals surface area contributed by atoms with Crippen LogP contribution in [-0.4, -0.2) is 55.3 Å². The van der Waals surface area contributed by atoms with Crippen molar-refractivity contribution < 1.29 is 9.50 Å². The lowest BCUT2D eigenvalue weighted by Gasteiger charge is -2.53. The third-order valence-corrected chi connectivity index (χ3v) is 8.94. The Kier molecular flexibility index (Phi) is 6.50. The maximum absolute atomic E-state index is 15.0. The number of benzene rings is 2. The van der Waals surface area contributed by atoms with Crippen molar-refractivity contribution in [1.29, 1.82) is 0 Å². The summed E-state index contributed by atoms with van der Waals surface area (Å²) in [4.78, 5) is 22.0. The first kappa shape index (κ1) is 26.6. The van der Waals surface area contributed by atoms with Gasteiger partial charge in [0, 0.05) is 73.5 Å². The van der Waals surface area contributed by atoms with Gasteiger partial charge in [0.2, 0.25) is 0 Å². The Morgan fingerprint density at radius 2 is 1.75 bits per heavy atom. The van der Waals surface area contributed by atoms with Crippen molar-refractivity contribution in [3.05, 3.63) is 82.0 Å². The van der Waals surface area contributed by atoms with Crippen LogP contribution in [-0.2, 0) is 7.05 Å². The van der Waals surface area contributed by atoms with Crippen molar-refractivity contribution in [2.45, 2.75) is 45.2 Å². The molecule has 2 saturated heterocycles. The van der Waals surface area contributed by atoms with Gasteiger partial charge >= 0.3 is 5.69 Å². The van der Waals surface area contributed by atoms with Crippen LogP contribution in [0.1, 0.15) is 32.4 Å². The molecule has 0 amide bonds. The van der Waals surface area contributed by atoms with Crippen molar-refractivity contribution in [2.24, 2.45) is 7.05 Å². The van der Waals surface area contributed by atoms with Gasteiger partial charge in [0.05, 0.1) is 22.1 Å². The predicted octanol–water partition coefficient (Wildman–Crippen LogP) is 5.77. The zero-order valence-corrected chi connectivity index (χ0v) is 23.9. The van der Waals surface area contributed by atoms with Gasteiger partial charge in [-0.3, -0.25) is 14.5 Å². The molecule has 1 spiro atoms. The number of aromatic nitrogens is 3. The second-order valence-corrected chi connectivity index (χ2v) is 11.7. The molecule has 2 fully saturated rings. The van der Waals surface area contributed by atoms with Gasteiger partial charge < -0.3 is 14.6 Å². The molecule has 208 valence electrons. The molecular formula is C31H33ClFN5O2. The van der Waals surface area contributed by atoms with Crippen LogP contribution in [0.25, 0.3) is 27.9 Å². The molecule has 2 aliphatic rings. The van der Waals surface area contributed by atoms with Crippen molar-refractivity contribution in [3.8, 4) is 33.7 Å². The van der Waals surface area contributed by atoms with E-state index < -0.39 is 5.82 Å². The molecule has 0 saturated carbocycles. The molecule has 2 aliphatic heterocycles. The molecule has 2 aromatic heterocycles. The Morgan fingerprint density at radius 1 is 1.02 bits per heavy atom. The average molecular weight is 562 g/mol. The standard InChI is InChI=1S/C31H33ClFN5O2/c1-19(2)38-10-8-31(38)7-9-36(18-31)28-14-22(17-34-20(28)3)25-16-23(33)15-24(29(25)39)21-5-6-27(26(32)13-21)37-12-11-35(4)30(37)40/h5-6,11-17,19,39H,7-10,18H2,1-4H3. The van der Waals surface area contributed by atoms with E-state index in [1.54, 1.807) is 43.8 Å². The van der Waals surface area contributed by atoms with Crippen molar-refractivity contribution in [2.75, 3.05) is 24.5 Å². The van der Waals surface area contributed by atoms with E-state index in [1.165, 1.54) is 27.7 Å². The van der Waals surface area contributed by atoms with Crippen molar-refractivity contribution >= 4 is 17.3 Å². The highest BCUT2D eigenvalue weighted by Crippen LogP contribution is 2.44. The van der Waals surface area contributed by atoms with Gasteiger partial charge in [0.25, 0.3) is 0 Å². The van der Waals surface area contributed by atoms with E-state index in [1.807, 2.05) is 13.0 Å². The number of anilines is 1. The molecule has 2 aromatic carbocycles. The third kappa shape index (κ3) is 4.30. The van der Waals surface area contributed by atoms with E-state index in [0.29, 0.717) is 39.0 Å². The number of halogens is 2. The number of nitrogens with zero attached hydrogens (tertiary/aromatic N) is 5. The maximum atomic E-state index is 15.0. The fourth-order valence-corrected chi connectivity index (χ4v) is 6.68. The number of hydrogen-bond donors (Lipinski definition) is 1. The largest absolute Gasteiger partial charge is 0.507 e. The summed E-state index contributed by atoms with van der Waals surface area (Å²) < 4.78 is 17.9. The molecule has 6 rings (SSSR count). The van der Waals surface area contributed by atoms with E-state index in [-0.39, 0.29) is 17.0 Å². The molecule has 9 heteroatoms. The summed E-state index contributed by atoms with van der Waals surface area (Å²) in [5.41, 5.74) is 4.27. The lowest BCUT2D eigenvalue weighted by Crippen LogP contribution is -2.63. The average Bonchev–Trinajstić information content (AvgIpc) is 3.50. The van der Waals surface area contributed by atoms with Crippen LogP contribution in [0.4, 0.5) is 10.1 Å². The van der Waals surface area contributed by atoms with Gasteiger partial charge in [-0.1, -0.05) is 17.7 Å². The smallest absolute Gasteiger partial charge is 0.332 e. The van der Waals surface area contributed by atoms with E-state index >= 15 is 4.39 Å². The van der Waals surface area contributed by atoms with Crippen LogP contribution in [0.5, 0.6) is 5.75 Å². The maximum Gasteiger partial charge on any atom is 0.332 e. The summed E-state index contributed by atoms with van der Waals surface area (Å²) >= 11 is 6.56. The Balaban J connectivity index is 1.35. The monoisotopic (exact) mass is 561 g/mol. The molecule has 40 heavy (non-hydrogen) atoms. The van der Waals surface area contributed by atoms with Gasteiger partial charge in [-0.2, -0.15) is 0 Å². The number of aromatic hydroxyl groups is 1. The molecule has 4 heterocycles. The van der Waals surface area contributed by atoms with Crippen LogP contribution in [0.15, 0.2) is 59.8 Å². The third-order valence-electron chi connectivity index (χ3n) is 8.63. The molecule has 1 unspecified atom stereocenters. The molecular weight excluding hydrogens is 529 g/mol. The number of phenolic OH excluding ortho intramolecular Hbond substituents is 1.